The number of carbonyl (C=O) groups excluding carboxylic acids is 1. The van der Waals surface area contributed by atoms with Crippen molar-refractivity contribution in [2.75, 3.05) is 0 Å². The Balaban J connectivity index is 0.00000144. The fourth-order valence-electron chi connectivity index (χ4n) is 1.25. The molecule has 1 N–H and O–H groups in total. The van der Waals surface area contributed by atoms with Crippen molar-refractivity contribution in [2.45, 2.75) is 0 Å². The molecule has 0 aliphatic heterocycles. The number of benzene rings is 2. The van der Waals surface area contributed by atoms with E-state index in [1.54, 1.807) is 24.3 Å². The molecule has 4 heteroatoms. The standard InChI is InChI=1S/C13H10O3.K.H/c14-11-8-6-10(7-9-11)13(15)16-12-4-2-1-3-5-12;;/h1-9,14H;;/q;+1;-1. The molecule has 0 aliphatic carbocycles. The largest absolute Gasteiger partial charge is 1.00 e. The number of phenols is 1. The Hall–Kier alpha value is -0.654. The number of rotatable bonds is 2. The maximum absolute atomic E-state index is 11.6. The van der Waals surface area contributed by atoms with Crippen LogP contribution in [0.2, 0.25) is 0 Å². The van der Waals surface area contributed by atoms with Gasteiger partial charge in [0.05, 0.1) is 5.56 Å². The van der Waals surface area contributed by atoms with Crippen molar-refractivity contribution in [2.24, 2.45) is 0 Å². The van der Waals surface area contributed by atoms with Gasteiger partial charge in [0.15, 0.2) is 0 Å². The van der Waals surface area contributed by atoms with Crippen molar-refractivity contribution in [1.82, 2.24) is 0 Å². The zero-order valence-corrected chi connectivity index (χ0v) is 12.6. The Morgan fingerprint density at radius 2 is 1.59 bits per heavy atom. The quantitative estimate of drug-likeness (QED) is 0.456. The van der Waals surface area contributed by atoms with E-state index in [-0.39, 0.29) is 58.6 Å². The average molecular weight is 254 g/mol. The molecule has 82 valence electrons. The number of hydrogen-bond donors (Lipinski definition) is 1. The van der Waals surface area contributed by atoms with Crippen LogP contribution in [0.25, 0.3) is 0 Å². The Bertz CT molecular complexity index is 485. The van der Waals surface area contributed by atoms with Gasteiger partial charge >= 0.3 is 57.4 Å². The van der Waals surface area contributed by atoms with Crippen LogP contribution in [-0.4, -0.2) is 11.1 Å². The van der Waals surface area contributed by atoms with E-state index in [4.69, 9.17) is 9.84 Å². The maximum atomic E-state index is 11.6. The second-order valence-corrected chi connectivity index (χ2v) is 3.25. The summed E-state index contributed by atoms with van der Waals surface area (Å²) in [5.41, 5.74) is 0.404. The van der Waals surface area contributed by atoms with Gasteiger partial charge in [-0.05, 0) is 36.4 Å². The molecule has 2 rings (SSSR count). The smallest absolute Gasteiger partial charge is 1.00 e. The molecule has 0 saturated carbocycles. The first-order valence-electron chi connectivity index (χ1n) is 4.82. The van der Waals surface area contributed by atoms with Gasteiger partial charge in [0.1, 0.15) is 11.5 Å². The van der Waals surface area contributed by atoms with Gasteiger partial charge in [-0.1, -0.05) is 18.2 Å². The molecule has 0 heterocycles. The Morgan fingerprint density at radius 1 is 1.00 bits per heavy atom. The van der Waals surface area contributed by atoms with Gasteiger partial charge in [-0.15, -0.1) is 0 Å². The normalized spacial score (nSPS) is 9.18. The molecule has 0 spiro atoms. The summed E-state index contributed by atoms with van der Waals surface area (Å²) in [6.07, 6.45) is 0. The van der Waals surface area contributed by atoms with Crippen molar-refractivity contribution in [3.05, 3.63) is 60.2 Å². The predicted octanol–water partition coefficient (Wildman–Crippen LogP) is -0.272. The molecule has 0 saturated heterocycles. The van der Waals surface area contributed by atoms with E-state index in [0.717, 1.165) is 0 Å². The Morgan fingerprint density at radius 3 is 2.18 bits per heavy atom. The van der Waals surface area contributed by atoms with Crippen molar-refractivity contribution < 1.29 is 67.4 Å². The van der Waals surface area contributed by atoms with E-state index >= 15 is 0 Å². The van der Waals surface area contributed by atoms with E-state index in [1.165, 1.54) is 24.3 Å². The van der Waals surface area contributed by atoms with Crippen molar-refractivity contribution in [1.29, 1.82) is 0 Å². The monoisotopic (exact) mass is 254 g/mol. The van der Waals surface area contributed by atoms with E-state index in [0.29, 0.717) is 11.3 Å². The van der Waals surface area contributed by atoms with Crippen LogP contribution in [0.4, 0.5) is 0 Å². The van der Waals surface area contributed by atoms with E-state index in [1.807, 2.05) is 6.07 Å². The van der Waals surface area contributed by atoms with Gasteiger partial charge in [-0.25, -0.2) is 4.79 Å². The van der Waals surface area contributed by atoms with Crippen LogP contribution < -0.4 is 56.1 Å². The molecule has 0 atom stereocenters. The maximum Gasteiger partial charge on any atom is 1.00 e. The molecule has 0 bridgehead atoms. The summed E-state index contributed by atoms with van der Waals surface area (Å²) in [7, 11) is 0. The fourth-order valence-corrected chi connectivity index (χ4v) is 1.25. The number of aromatic hydroxyl groups is 1. The Labute approximate surface area is 143 Å². The van der Waals surface area contributed by atoms with Crippen LogP contribution in [0, 0.1) is 0 Å². The molecular formula is C13H11KO3. The minimum atomic E-state index is -0.439. The molecule has 0 radical (unpaired) electrons. The van der Waals surface area contributed by atoms with Gasteiger partial charge in [-0.3, -0.25) is 0 Å². The van der Waals surface area contributed by atoms with Crippen molar-refractivity contribution >= 4 is 5.97 Å². The minimum Gasteiger partial charge on any atom is -1.00 e. The minimum absolute atomic E-state index is 0. The second kappa shape index (κ2) is 6.93. The van der Waals surface area contributed by atoms with E-state index < -0.39 is 5.97 Å². The van der Waals surface area contributed by atoms with Gasteiger partial charge in [0.2, 0.25) is 0 Å². The molecule has 0 unspecified atom stereocenters. The molecule has 0 fully saturated rings. The second-order valence-electron chi connectivity index (χ2n) is 3.25. The molecule has 17 heavy (non-hydrogen) atoms. The number of ether oxygens (including phenoxy) is 1. The fraction of sp³-hybridized carbons (Fsp3) is 0. The number of para-hydroxylation sites is 1. The first kappa shape index (κ1) is 14.4. The first-order chi connectivity index (χ1) is 7.75. The Kier molecular flexibility index (Phi) is 5.87. The molecule has 0 amide bonds. The molecule has 3 nitrogen and oxygen atoms in total. The van der Waals surface area contributed by atoms with E-state index in [9.17, 15) is 4.79 Å². The average Bonchev–Trinajstić information content (AvgIpc) is 2.31. The van der Waals surface area contributed by atoms with Gasteiger partial charge in [-0.2, -0.15) is 0 Å². The van der Waals surface area contributed by atoms with Crippen LogP contribution >= 0.6 is 0 Å². The summed E-state index contributed by atoms with van der Waals surface area (Å²) in [5, 5.41) is 9.08. The molecule has 0 aromatic heterocycles. The SMILES string of the molecule is O=C(Oc1ccccc1)c1ccc(O)cc1.[H-].[K+]. The number of esters is 1. The zero-order valence-electron chi connectivity index (χ0n) is 10.5. The molecular weight excluding hydrogens is 243 g/mol. The van der Waals surface area contributed by atoms with Crippen molar-refractivity contribution in [3.63, 3.8) is 0 Å². The summed E-state index contributed by atoms with van der Waals surface area (Å²) in [6, 6.07) is 14.8. The summed E-state index contributed by atoms with van der Waals surface area (Å²) in [6.45, 7) is 0. The molecule has 2 aromatic carbocycles. The van der Waals surface area contributed by atoms with Gasteiger partial charge in [0, 0.05) is 0 Å². The van der Waals surface area contributed by atoms with Crippen LogP contribution in [0.1, 0.15) is 11.8 Å². The number of phenolic OH excluding ortho intramolecular Hbond substituents is 1. The predicted molar refractivity (Wildman–Crippen MR) is 60.6 cm³/mol. The first-order valence-corrected chi connectivity index (χ1v) is 4.82. The molecule has 2 aromatic rings. The topological polar surface area (TPSA) is 46.5 Å². The molecule has 0 aliphatic rings. The van der Waals surface area contributed by atoms with Gasteiger partial charge in [0.25, 0.3) is 0 Å². The van der Waals surface area contributed by atoms with Crippen LogP contribution in [0.3, 0.4) is 0 Å². The van der Waals surface area contributed by atoms with Crippen LogP contribution in [0.15, 0.2) is 54.6 Å². The summed E-state index contributed by atoms with van der Waals surface area (Å²) < 4.78 is 5.12. The third-order valence-corrected chi connectivity index (χ3v) is 2.06. The van der Waals surface area contributed by atoms with Gasteiger partial charge < -0.3 is 11.3 Å². The zero-order chi connectivity index (χ0) is 11.4. The summed E-state index contributed by atoms with van der Waals surface area (Å²) in [4.78, 5) is 11.6. The van der Waals surface area contributed by atoms with Crippen molar-refractivity contribution in [3.8, 4) is 11.5 Å². The third-order valence-electron chi connectivity index (χ3n) is 2.06. The number of hydrogen-bond acceptors (Lipinski definition) is 3. The third kappa shape index (κ3) is 4.26. The summed E-state index contributed by atoms with van der Waals surface area (Å²) >= 11 is 0. The van der Waals surface area contributed by atoms with E-state index in [2.05, 4.69) is 0 Å². The number of carbonyl (C=O) groups is 1. The summed E-state index contributed by atoms with van der Waals surface area (Å²) in [5.74, 6) is 0.183. The van der Waals surface area contributed by atoms with Crippen LogP contribution in [0.5, 0.6) is 11.5 Å². The van der Waals surface area contributed by atoms with Crippen LogP contribution in [-0.2, 0) is 0 Å².